The van der Waals surface area contributed by atoms with Gasteiger partial charge in [-0.1, -0.05) is 6.07 Å². The molecule has 174 valence electrons. The van der Waals surface area contributed by atoms with E-state index in [2.05, 4.69) is 40.9 Å². The lowest BCUT2D eigenvalue weighted by atomic mass is 10.1. The number of piperazine rings is 2. The summed E-state index contributed by atoms with van der Waals surface area (Å²) < 4.78 is 39.1. The third-order valence-electron chi connectivity index (χ3n) is 6.12. The first-order valence-electron chi connectivity index (χ1n) is 11.2. The average molecular weight is 441 g/mol. The van der Waals surface area contributed by atoms with Crippen molar-refractivity contribution in [1.82, 2.24) is 20.0 Å². The first-order valence-corrected chi connectivity index (χ1v) is 11.2. The van der Waals surface area contributed by atoms with E-state index in [1.807, 2.05) is 4.90 Å². The molecule has 0 radical (unpaired) electrons. The zero-order chi connectivity index (χ0) is 22.4. The fourth-order valence-corrected chi connectivity index (χ4v) is 4.08. The molecule has 2 aliphatic heterocycles. The molecule has 0 saturated carbocycles. The topological polar surface area (TPSA) is 37.4 Å². The van der Waals surface area contributed by atoms with Gasteiger partial charge in [-0.3, -0.25) is 9.89 Å². The molecule has 1 unspecified atom stereocenters. The third kappa shape index (κ3) is 6.49. The summed E-state index contributed by atoms with van der Waals surface area (Å²) in [6.07, 6.45) is -4.32. The summed E-state index contributed by atoms with van der Waals surface area (Å²) in [5.74, 6) is 0.896. The molecule has 1 atom stereocenters. The van der Waals surface area contributed by atoms with Crippen molar-refractivity contribution in [2.45, 2.75) is 26.1 Å². The van der Waals surface area contributed by atoms with Crippen molar-refractivity contribution in [1.29, 1.82) is 0 Å². The van der Waals surface area contributed by atoms with E-state index < -0.39 is 11.7 Å². The number of aliphatic imine (C=N–C) groups is 1. The van der Waals surface area contributed by atoms with Crippen LogP contribution < -0.4 is 10.2 Å². The molecule has 0 bridgehead atoms. The molecule has 0 aliphatic carbocycles. The van der Waals surface area contributed by atoms with Gasteiger partial charge in [-0.15, -0.1) is 0 Å². The van der Waals surface area contributed by atoms with Gasteiger partial charge in [-0.25, -0.2) is 0 Å². The predicted octanol–water partition coefficient (Wildman–Crippen LogP) is 2.43. The number of hydrogen-bond acceptors (Lipinski definition) is 4. The number of nitrogens with zero attached hydrogens (tertiary/aromatic N) is 5. The molecule has 2 saturated heterocycles. The first kappa shape index (κ1) is 23.7. The standard InChI is InChI=1S/C22H35F3N6/c1-4-26-21(27-17-18(2)29-10-8-28(3)9-11-29)31-14-12-30(13-15-31)20-7-5-6-19(16-20)22(23,24)25/h5-7,16,18H,4,8-15,17H2,1-3H3,(H,26,27). The molecule has 2 fully saturated rings. The van der Waals surface area contributed by atoms with Crippen molar-refractivity contribution in [3.8, 4) is 0 Å². The smallest absolute Gasteiger partial charge is 0.368 e. The predicted molar refractivity (Wildman–Crippen MR) is 120 cm³/mol. The second-order valence-electron chi connectivity index (χ2n) is 8.41. The van der Waals surface area contributed by atoms with Crippen LogP contribution in [0.3, 0.4) is 0 Å². The monoisotopic (exact) mass is 440 g/mol. The number of nitrogens with one attached hydrogen (secondary N) is 1. The van der Waals surface area contributed by atoms with Gasteiger partial charge in [0.1, 0.15) is 0 Å². The van der Waals surface area contributed by atoms with Gasteiger partial charge in [0.2, 0.25) is 0 Å². The molecule has 0 amide bonds. The minimum atomic E-state index is -4.32. The van der Waals surface area contributed by atoms with Crippen LogP contribution in [-0.2, 0) is 6.18 Å². The maximum atomic E-state index is 13.0. The van der Waals surface area contributed by atoms with Crippen LogP contribution in [0, 0.1) is 0 Å². The van der Waals surface area contributed by atoms with E-state index in [4.69, 9.17) is 4.99 Å². The van der Waals surface area contributed by atoms with Gasteiger partial charge in [0, 0.05) is 70.6 Å². The van der Waals surface area contributed by atoms with E-state index >= 15 is 0 Å². The molecular weight excluding hydrogens is 405 g/mol. The normalized spacial score (nSPS) is 20.8. The molecular formula is C22H35F3N6. The summed E-state index contributed by atoms with van der Waals surface area (Å²) in [6.45, 7) is 12.9. The summed E-state index contributed by atoms with van der Waals surface area (Å²) in [6, 6.07) is 5.98. The van der Waals surface area contributed by atoms with Crippen LogP contribution >= 0.6 is 0 Å². The molecule has 2 aliphatic rings. The Morgan fingerprint density at radius 1 is 1.06 bits per heavy atom. The summed E-state index contributed by atoms with van der Waals surface area (Å²) >= 11 is 0. The van der Waals surface area contributed by atoms with Crippen molar-refractivity contribution in [2.75, 3.05) is 77.4 Å². The highest BCUT2D eigenvalue weighted by Gasteiger charge is 2.31. The second-order valence-corrected chi connectivity index (χ2v) is 8.41. The second kappa shape index (κ2) is 10.5. The highest BCUT2D eigenvalue weighted by atomic mass is 19.4. The van der Waals surface area contributed by atoms with Crippen molar-refractivity contribution >= 4 is 11.6 Å². The van der Waals surface area contributed by atoms with Crippen molar-refractivity contribution < 1.29 is 13.2 Å². The van der Waals surface area contributed by atoms with E-state index in [1.54, 1.807) is 6.07 Å². The number of halogens is 3. The molecule has 6 nitrogen and oxygen atoms in total. The summed E-state index contributed by atoms with van der Waals surface area (Å²) in [5, 5.41) is 3.38. The lowest BCUT2D eigenvalue weighted by molar-refractivity contribution is -0.137. The molecule has 2 heterocycles. The van der Waals surface area contributed by atoms with Crippen LogP contribution in [-0.4, -0.2) is 99.2 Å². The van der Waals surface area contributed by atoms with Crippen LogP contribution in [0.1, 0.15) is 19.4 Å². The summed E-state index contributed by atoms with van der Waals surface area (Å²) in [4.78, 5) is 13.9. The van der Waals surface area contributed by atoms with Crippen LogP contribution in [0.15, 0.2) is 29.3 Å². The fraction of sp³-hybridized carbons (Fsp3) is 0.682. The Morgan fingerprint density at radius 3 is 2.35 bits per heavy atom. The van der Waals surface area contributed by atoms with Crippen LogP contribution in [0.2, 0.25) is 0 Å². The summed E-state index contributed by atoms with van der Waals surface area (Å²) in [7, 11) is 2.16. The Balaban J connectivity index is 1.57. The van der Waals surface area contributed by atoms with Crippen LogP contribution in [0.25, 0.3) is 0 Å². The summed E-state index contributed by atoms with van der Waals surface area (Å²) in [5.41, 5.74) is 0.0281. The first-order chi connectivity index (χ1) is 14.8. The highest BCUT2D eigenvalue weighted by molar-refractivity contribution is 5.80. The van der Waals surface area contributed by atoms with Crippen LogP contribution in [0.5, 0.6) is 0 Å². The lowest BCUT2D eigenvalue weighted by Crippen LogP contribution is -2.53. The highest BCUT2D eigenvalue weighted by Crippen LogP contribution is 2.31. The van der Waals surface area contributed by atoms with Gasteiger partial charge in [-0.05, 0) is 39.1 Å². The Kier molecular flexibility index (Phi) is 8.05. The number of guanidine groups is 1. The van der Waals surface area contributed by atoms with E-state index in [0.29, 0.717) is 24.8 Å². The fourth-order valence-electron chi connectivity index (χ4n) is 4.08. The molecule has 0 spiro atoms. The molecule has 1 aromatic rings. The Morgan fingerprint density at radius 2 is 1.74 bits per heavy atom. The van der Waals surface area contributed by atoms with E-state index in [9.17, 15) is 13.2 Å². The molecule has 1 N–H and O–H groups in total. The number of benzene rings is 1. The van der Waals surface area contributed by atoms with Gasteiger partial charge in [0.15, 0.2) is 5.96 Å². The number of likely N-dealkylation sites (N-methyl/N-ethyl adjacent to an activating group) is 1. The van der Waals surface area contributed by atoms with E-state index in [0.717, 1.165) is 64.4 Å². The Hall–Kier alpha value is -2.00. The van der Waals surface area contributed by atoms with Crippen LogP contribution in [0.4, 0.5) is 18.9 Å². The average Bonchev–Trinajstić information content (AvgIpc) is 2.76. The zero-order valence-electron chi connectivity index (χ0n) is 18.8. The van der Waals surface area contributed by atoms with Gasteiger partial charge in [0.05, 0.1) is 12.1 Å². The maximum Gasteiger partial charge on any atom is 0.416 e. The van der Waals surface area contributed by atoms with Gasteiger partial charge < -0.3 is 20.0 Å². The zero-order valence-corrected chi connectivity index (χ0v) is 18.8. The minimum absolute atomic E-state index is 0.383. The molecule has 3 rings (SSSR count). The molecule has 31 heavy (non-hydrogen) atoms. The lowest BCUT2D eigenvalue weighted by Gasteiger charge is -2.38. The van der Waals surface area contributed by atoms with E-state index in [1.165, 1.54) is 12.1 Å². The van der Waals surface area contributed by atoms with Crippen molar-refractivity contribution in [3.63, 3.8) is 0 Å². The molecule has 1 aromatic carbocycles. The number of hydrogen-bond donors (Lipinski definition) is 1. The SMILES string of the molecule is CCNC(=NCC(C)N1CCN(C)CC1)N1CCN(c2cccc(C(F)(F)F)c2)CC1. The molecule has 9 heteroatoms. The van der Waals surface area contributed by atoms with Gasteiger partial charge in [0.25, 0.3) is 0 Å². The largest absolute Gasteiger partial charge is 0.416 e. The van der Waals surface area contributed by atoms with Crippen molar-refractivity contribution in [3.05, 3.63) is 29.8 Å². The van der Waals surface area contributed by atoms with E-state index in [-0.39, 0.29) is 0 Å². The number of alkyl halides is 3. The quantitative estimate of drug-likeness (QED) is 0.562. The third-order valence-corrected chi connectivity index (χ3v) is 6.12. The molecule has 0 aromatic heterocycles. The Labute approximate surface area is 183 Å². The van der Waals surface area contributed by atoms with Crippen molar-refractivity contribution in [2.24, 2.45) is 4.99 Å². The van der Waals surface area contributed by atoms with Gasteiger partial charge in [-0.2, -0.15) is 13.2 Å². The maximum absolute atomic E-state index is 13.0. The van der Waals surface area contributed by atoms with Gasteiger partial charge >= 0.3 is 6.18 Å². The number of rotatable bonds is 5. The number of anilines is 1. The Bertz CT molecular complexity index is 722. The minimum Gasteiger partial charge on any atom is -0.368 e.